The number of carbonyl (C=O) groups excluding carboxylic acids is 2. The summed E-state index contributed by atoms with van der Waals surface area (Å²) < 4.78 is 18.7. The molecule has 0 aromatic heterocycles. The number of ether oxygens (including phenoxy) is 1. The molecule has 1 heterocycles. The van der Waals surface area contributed by atoms with E-state index in [1.54, 1.807) is 31.2 Å². The summed E-state index contributed by atoms with van der Waals surface area (Å²) in [6.45, 7) is 2.08. The molecule has 2 N–H and O–H groups in total. The summed E-state index contributed by atoms with van der Waals surface area (Å²) in [5, 5.41) is 5.59. The Morgan fingerprint density at radius 2 is 2.08 bits per heavy atom. The van der Waals surface area contributed by atoms with Crippen molar-refractivity contribution in [3.05, 3.63) is 65.5 Å². The van der Waals surface area contributed by atoms with Crippen molar-refractivity contribution in [2.45, 2.75) is 25.5 Å². The fraction of sp³-hybridized carbons (Fsp3) is 0.263. The van der Waals surface area contributed by atoms with Crippen LogP contribution in [0, 0.1) is 5.82 Å². The van der Waals surface area contributed by atoms with Crippen LogP contribution in [0.25, 0.3) is 0 Å². The largest absolute Gasteiger partial charge is 0.489 e. The first-order chi connectivity index (χ1) is 12.0. The van der Waals surface area contributed by atoms with Gasteiger partial charge in [-0.05, 0) is 30.7 Å². The highest BCUT2D eigenvalue weighted by molar-refractivity contribution is 5.99. The van der Waals surface area contributed by atoms with Crippen LogP contribution < -0.4 is 15.4 Å². The van der Waals surface area contributed by atoms with E-state index in [4.69, 9.17) is 4.74 Å². The van der Waals surface area contributed by atoms with Crippen molar-refractivity contribution in [3.8, 4) is 5.75 Å². The van der Waals surface area contributed by atoms with Gasteiger partial charge in [0.05, 0.1) is 19.0 Å². The van der Waals surface area contributed by atoms with Crippen LogP contribution in [0.3, 0.4) is 0 Å². The minimum absolute atomic E-state index is 0.156. The van der Waals surface area contributed by atoms with Gasteiger partial charge in [-0.2, -0.15) is 0 Å². The lowest BCUT2D eigenvalue weighted by Crippen LogP contribution is -2.35. The molecule has 5 nitrogen and oxygen atoms in total. The number of hydrogen-bond acceptors (Lipinski definition) is 3. The predicted octanol–water partition coefficient (Wildman–Crippen LogP) is 2.58. The zero-order chi connectivity index (χ0) is 17.8. The molecule has 130 valence electrons. The van der Waals surface area contributed by atoms with E-state index in [9.17, 15) is 14.0 Å². The quantitative estimate of drug-likeness (QED) is 0.848. The highest BCUT2D eigenvalue weighted by atomic mass is 19.1. The molecule has 2 atom stereocenters. The van der Waals surface area contributed by atoms with Gasteiger partial charge in [0, 0.05) is 11.6 Å². The lowest BCUT2D eigenvalue weighted by atomic mass is 10.0. The molecule has 25 heavy (non-hydrogen) atoms. The molecule has 1 aliphatic rings. The van der Waals surface area contributed by atoms with Crippen molar-refractivity contribution >= 4 is 11.8 Å². The second kappa shape index (κ2) is 7.34. The van der Waals surface area contributed by atoms with Crippen LogP contribution in [0.15, 0.2) is 48.5 Å². The van der Waals surface area contributed by atoms with Crippen molar-refractivity contribution in [2.24, 2.45) is 0 Å². The first kappa shape index (κ1) is 17.0. The van der Waals surface area contributed by atoms with Crippen LogP contribution in [0.4, 0.5) is 4.39 Å². The Labute approximate surface area is 145 Å². The molecule has 0 saturated carbocycles. The minimum atomic E-state index is -0.371. The Balaban J connectivity index is 1.49. The molecule has 2 amide bonds. The van der Waals surface area contributed by atoms with Gasteiger partial charge in [-0.1, -0.05) is 24.3 Å². The third-order valence-electron chi connectivity index (χ3n) is 4.00. The molecule has 6 heteroatoms. The fourth-order valence-corrected chi connectivity index (χ4v) is 2.81. The molecule has 0 spiro atoms. The van der Waals surface area contributed by atoms with Gasteiger partial charge in [0.25, 0.3) is 5.91 Å². The van der Waals surface area contributed by atoms with E-state index >= 15 is 0 Å². The predicted molar refractivity (Wildman–Crippen MR) is 90.8 cm³/mol. The molecule has 0 bridgehead atoms. The summed E-state index contributed by atoms with van der Waals surface area (Å²) >= 11 is 0. The SMILES string of the molecule is CC(CNC(=O)CC1NC(=O)c2ccccc21)Oc1cccc(F)c1. The lowest BCUT2D eigenvalue weighted by Gasteiger charge is -2.17. The Morgan fingerprint density at radius 1 is 1.28 bits per heavy atom. The van der Waals surface area contributed by atoms with E-state index in [-0.39, 0.29) is 42.7 Å². The Morgan fingerprint density at radius 3 is 2.88 bits per heavy atom. The second-order valence-electron chi connectivity index (χ2n) is 6.01. The summed E-state index contributed by atoms with van der Waals surface area (Å²) in [6, 6.07) is 12.8. The van der Waals surface area contributed by atoms with E-state index in [1.165, 1.54) is 12.1 Å². The van der Waals surface area contributed by atoms with E-state index in [0.29, 0.717) is 11.3 Å². The smallest absolute Gasteiger partial charge is 0.252 e. The van der Waals surface area contributed by atoms with Gasteiger partial charge in [-0.15, -0.1) is 0 Å². The zero-order valence-electron chi connectivity index (χ0n) is 13.8. The molecule has 2 aromatic carbocycles. The monoisotopic (exact) mass is 342 g/mol. The van der Waals surface area contributed by atoms with E-state index < -0.39 is 0 Å². The number of carbonyl (C=O) groups is 2. The van der Waals surface area contributed by atoms with Crippen molar-refractivity contribution in [2.75, 3.05) is 6.54 Å². The van der Waals surface area contributed by atoms with Crippen molar-refractivity contribution in [1.29, 1.82) is 0 Å². The zero-order valence-corrected chi connectivity index (χ0v) is 13.8. The number of halogens is 1. The van der Waals surface area contributed by atoms with Crippen LogP contribution in [0.2, 0.25) is 0 Å². The summed E-state index contributed by atoms with van der Waals surface area (Å²) in [6.07, 6.45) is -0.147. The maximum Gasteiger partial charge on any atom is 0.252 e. The molecule has 2 unspecified atom stereocenters. The summed E-state index contributed by atoms with van der Waals surface area (Å²) in [4.78, 5) is 24.0. The molecule has 2 aromatic rings. The standard InChI is InChI=1S/C19H19FN2O3/c1-12(25-14-6-4-5-13(20)9-14)11-21-18(23)10-17-15-7-2-3-8-16(15)19(24)22-17/h2-9,12,17H,10-11H2,1H3,(H,21,23)(H,22,24). The molecule has 0 aliphatic carbocycles. The van der Waals surface area contributed by atoms with E-state index in [2.05, 4.69) is 10.6 Å². The molecule has 0 radical (unpaired) electrons. The van der Waals surface area contributed by atoms with Crippen molar-refractivity contribution in [3.63, 3.8) is 0 Å². The topological polar surface area (TPSA) is 67.4 Å². The minimum Gasteiger partial charge on any atom is -0.489 e. The third kappa shape index (κ3) is 4.15. The summed E-state index contributed by atoms with van der Waals surface area (Å²) in [5.41, 5.74) is 1.45. The molecule has 1 aliphatic heterocycles. The maximum absolute atomic E-state index is 13.1. The first-order valence-electron chi connectivity index (χ1n) is 8.11. The number of benzene rings is 2. The third-order valence-corrected chi connectivity index (χ3v) is 4.00. The van der Waals surface area contributed by atoms with E-state index in [0.717, 1.165) is 5.56 Å². The molecular weight excluding hydrogens is 323 g/mol. The number of rotatable bonds is 6. The number of hydrogen-bond donors (Lipinski definition) is 2. The number of amides is 2. The normalized spacial score (nSPS) is 16.7. The van der Waals surface area contributed by atoms with Gasteiger partial charge in [-0.25, -0.2) is 4.39 Å². The highest BCUT2D eigenvalue weighted by Crippen LogP contribution is 2.27. The second-order valence-corrected chi connectivity index (χ2v) is 6.01. The van der Waals surface area contributed by atoms with Gasteiger partial charge in [-0.3, -0.25) is 9.59 Å². The Kier molecular flexibility index (Phi) is 4.97. The summed E-state index contributed by atoms with van der Waals surface area (Å²) in [7, 11) is 0. The van der Waals surface area contributed by atoms with Gasteiger partial charge in [0.2, 0.25) is 5.91 Å². The van der Waals surface area contributed by atoms with Gasteiger partial charge < -0.3 is 15.4 Å². The summed E-state index contributed by atoms with van der Waals surface area (Å²) in [5.74, 6) is -0.295. The van der Waals surface area contributed by atoms with Gasteiger partial charge in [0.15, 0.2) is 0 Å². The van der Waals surface area contributed by atoms with E-state index in [1.807, 2.05) is 12.1 Å². The van der Waals surface area contributed by atoms with Gasteiger partial charge in [0.1, 0.15) is 17.7 Å². The van der Waals surface area contributed by atoms with Crippen LogP contribution in [0.1, 0.15) is 35.3 Å². The average Bonchev–Trinajstić information content (AvgIpc) is 2.89. The molecule has 0 fully saturated rings. The Hall–Kier alpha value is -2.89. The lowest BCUT2D eigenvalue weighted by molar-refractivity contribution is -0.121. The molecular formula is C19H19FN2O3. The maximum atomic E-state index is 13.1. The van der Waals surface area contributed by atoms with Crippen molar-refractivity contribution < 1.29 is 18.7 Å². The average molecular weight is 342 g/mol. The van der Waals surface area contributed by atoms with Gasteiger partial charge >= 0.3 is 0 Å². The first-order valence-corrected chi connectivity index (χ1v) is 8.11. The number of fused-ring (bicyclic) bond motifs is 1. The number of nitrogens with one attached hydrogen (secondary N) is 2. The van der Waals surface area contributed by atoms with Crippen molar-refractivity contribution in [1.82, 2.24) is 10.6 Å². The van der Waals surface area contributed by atoms with Crippen LogP contribution >= 0.6 is 0 Å². The van der Waals surface area contributed by atoms with Crippen LogP contribution in [-0.4, -0.2) is 24.5 Å². The van der Waals surface area contributed by atoms with Crippen LogP contribution in [0.5, 0.6) is 5.75 Å². The van der Waals surface area contributed by atoms with Crippen LogP contribution in [-0.2, 0) is 4.79 Å². The molecule has 3 rings (SSSR count). The molecule has 0 saturated heterocycles. The Bertz CT molecular complexity index is 794. The fourth-order valence-electron chi connectivity index (χ4n) is 2.81. The highest BCUT2D eigenvalue weighted by Gasteiger charge is 2.29.